The van der Waals surface area contributed by atoms with Crippen LogP contribution in [0.4, 0.5) is 4.39 Å². The summed E-state index contributed by atoms with van der Waals surface area (Å²) < 4.78 is 18.8. The summed E-state index contributed by atoms with van der Waals surface area (Å²) in [5.74, 6) is -0.862. The number of aromatic nitrogens is 2. The number of hydrogen-bond acceptors (Lipinski definition) is 5. The zero-order valence-electron chi connectivity index (χ0n) is 14.4. The first kappa shape index (κ1) is 17.8. The lowest BCUT2D eigenvalue weighted by Gasteiger charge is -2.24. The predicted molar refractivity (Wildman–Crippen MR) is 92.7 cm³/mol. The molecule has 26 heavy (non-hydrogen) atoms. The molecule has 0 spiro atoms. The van der Waals surface area contributed by atoms with Crippen LogP contribution in [0.2, 0.25) is 0 Å². The van der Waals surface area contributed by atoms with E-state index in [1.54, 1.807) is 49.5 Å². The third-order valence-electron chi connectivity index (χ3n) is 4.09. The molecule has 0 aliphatic carbocycles. The Hall–Kier alpha value is -3.06. The minimum Gasteiger partial charge on any atom is -0.480 e. The highest BCUT2D eigenvalue weighted by Gasteiger charge is 2.26. The maximum atomic E-state index is 13.5. The molecule has 2 heterocycles. The molecule has 0 aliphatic rings. The predicted octanol–water partition coefficient (Wildman–Crippen LogP) is 3.44. The van der Waals surface area contributed by atoms with Gasteiger partial charge in [0.05, 0.1) is 6.54 Å². The molecule has 0 aliphatic heterocycles. The molecule has 1 aromatic carbocycles. The number of pyridine rings is 1. The van der Waals surface area contributed by atoms with Gasteiger partial charge in [0.1, 0.15) is 17.6 Å². The minimum atomic E-state index is -1.02. The van der Waals surface area contributed by atoms with Crippen LogP contribution in [-0.4, -0.2) is 33.2 Å². The van der Waals surface area contributed by atoms with E-state index < -0.39 is 12.0 Å². The number of hydrogen-bond donors (Lipinski definition) is 1. The zero-order valence-corrected chi connectivity index (χ0v) is 14.4. The molecule has 1 N–H and O–H groups in total. The van der Waals surface area contributed by atoms with Gasteiger partial charge in [-0.3, -0.25) is 14.7 Å². The Morgan fingerprint density at radius 3 is 2.81 bits per heavy atom. The lowest BCUT2D eigenvalue weighted by atomic mass is 10.0. The number of carbonyl (C=O) groups is 1. The number of halogens is 1. The van der Waals surface area contributed by atoms with Crippen molar-refractivity contribution in [3.63, 3.8) is 0 Å². The highest BCUT2D eigenvalue weighted by Crippen LogP contribution is 2.25. The van der Waals surface area contributed by atoms with Gasteiger partial charge in [-0.15, -0.1) is 0 Å². The summed E-state index contributed by atoms with van der Waals surface area (Å²) >= 11 is 0. The lowest BCUT2D eigenvalue weighted by Crippen LogP contribution is -2.30. The molecule has 1 unspecified atom stereocenters. The van der Waals surface area contributed by atoms with Crippen LogP contribution in [0.5, 0.6) is 0 Å². The fraction of sp³-hybridized carbons (Fsp3) is 0.211. The number of carboxylic acid groups (broad SMARTS) is 1. The van der Waals surface area contributed by atoms with Gasteiger partial charge in [0.2, 0.25) is 0 Å². The average Bonchev–Trinajstić information content (AvgIpc) is 3.07. The second kappa shape index (κ2) is 7.45. The summed E-state index contributed by atoms with van der Waals surface area (Å²) in [6.07, 6.45) is 3.34. The molecule has 7 heteroatoms. The van der Waals surface area contributed by atoms with Crippen LogP contribution in [0.15, 0.2) is 53.3 Å². The largest absolute Gasteiger partial charge is 0.480 e. The lowest BCUT2D eigenvalue weighted by molar-refractivity contribution is -0.143. The van der Waals surface area contributed by atoms with E-state index in [9.17, 15) is 14.3 Å². The smallest absolute Gasteiger partial charge is 0.325 e. The molecule has 0 amide bonds. The van der Waals surface area contributed by atoms with Crippen molar-refractivity contribution in [1.29, 1.82) is 0 Å². The molecule has 2 aromatic heterocycles. The van der Waals surface area contributed by atoms with Crippen LogP contribution in [0.3, 0.4) is 0 Å². The van der Waals surface area contributed by atoms with E-state index in [-0.39, 0.29) is 12.4 Å². The van der Waals surface area contributed by atoms with Gasteiger partial charge in [-0.05, 0) is 43.3 Å². The Labute approximate surface area is 149 Å². The van der Waals surface area contributed by atoms with Crippen molar-refractivity contribution >= 4 is 5.97 Å². The normalized spacial score (nSPS) is 12.3. The number of aliphatic carboxylic acids is 1. The SMILES string of the molecule is Cc1cc(C(C(=O)O)N(C)Cc2cc(-c3cccnc3)no2)ccc1F. The topological polar surface area (TPSA) is 79.5 Å². The molecule has 0 saturated heterocycles. The fourth-order valence-electron chi connectivity index (χ4n) is 2.80. The van der Waals surface area contributed by atoms with Crippen LogP contribution in [0.25, 0.3) is 11.3 Å². The van der Waals surface area contributed by atoms with Crippen LogP contribution in [0.1, 0.15) is 22.9 Å². The molecule has 3 aromatic rings. The van der Waals surface area contributed by atoms with E-state index in [4.69, 9.17) is 4.52 Å². The van der Waals surface area contributed by atoms with Crippen molar-refractivity contribution in [2.75, 3.05) is 7.05 Å². The Bertz CT molecular complexity index is 911. The van der Waals surface area contributed by atoms with Crippen LogP contribution in [-0.2, 0) is 11.3 Å². The molecule has 0 bridgehead atoms. The minimum absolute atomic E-state index is 0.237. The highest BCUT2D eigenvalue weighted by molar-refractivity contribution is 5.75. The molecular formula is C19H18FN3O3. The summed E-state index contributed by atoms with van der Waals surface area (Å²) in [4.78, 5) is 17.4. The van der Waals surface area contributed by atoms with Crippen molar-refractivity contribution in [3.05, 3.63) is 71.5 Å². The van der Waals surface area contributed by atoms with Gasteiger partial charge in [-0.1, -0.05) is 17.3 Å². The van der Waals surface area contributed by atoms with E-state index in [0.717, 1.165) is 5.56 Å². The molecule has 6 nitrogen and oxygen atoms in total. The second-order valence-electron chi connectivity index (χ2n) is 6.08. The molecule has 134 valence electrons. The summed E-state index contributed by atoms with van der Waals surface area (Å²) in [5, 5.41) is 13.6. The number of aryl methyl sites for hydroxylation is 1. The van der Waals surface area contributed by atoms with Gasteiger partial charge < -0.3 is 9.63 Å². The van der Waals surface area contributed by atoms with E-state index in [0.29, 0.717) is 22.6 Å². The van der Waals surface area contributed by atoms with Crippen LogP contribution >= 0.6 is 0 Å². The second-order valence-corrected chi connectivity index (χ2v) is 6.08. The van der Waals surface area contributed by atoms with Crippen molar-refractivity contribution in [1.82, 2.24) is 15.0 Å². The van der Waals surface area contributed by atoms with Crippen molar-refractivity contribution in [2.24, 2.45) is 0 Å². The fourth-order valence-corrected chi connectivity index (χ4v) is 2.80. The average molecular weight is 355 g/mol. The van der Waals surface area contributed by atoms with Gasteiger partial charge in [-0.25, -0.2) is 4.39 Å². The van der Waals surface area contributed by atoms with E-state index in [1.807, 2.05) is 6.07 Å². The number of nitrogens with zero attached hydrogens (tertiary/aromatic N) is 3. The van der Waals surface area contributed by atoms with E-state index in [1.165, 1.54) is 12.1 Å². The van der Waals surface area contributed by atoms with Crippen LogP contribution in [0, 0.1) is 12.7 Å². The molecule has 3 rings (SSSR count). The van der Waals surface area contributed by atoms with Gasteiger partial charge in [0.15, 0.2) is 5.76 Å². The molecule has 0 radical (unpaired) electrons. The summed E-state index contributed by atoms with van der Waals surface area (Å²) in [6, 6.07) is 8.80. The summed E-state index contributed by atoms with van der Waals surface area (Å²) in [5.41, 5.74) is 2.35. The maximum Gasteiger partial charge on any atom is 0.325 e. The number of carboxylic acids is 1. The Morgan fingerprint density at radius 2 is 2.15 bits per heavy atom. The maximum absolute atomic E-state index is 13.5. The standard InChI is InChI=1S/C19H18FN3O3/c1-12-8-13(5-6-16(12)20)18(19(24)25)23(2)11-15-9-17(22-26-15)14-4-3-7-21-10-14/h3-10,18H,11H2,1-2H3,(H,24,25). The van der Waals surface area contributed by atoms with Crippen molar-refractivity contribution in [3.8, 4) is 11.3 Å². The van der Waals surface area contributed by atoms with Gasteiger partial charge in [-0.2, -0.15) is 0 Å². The molecule has 0 fully saturated rings. The third kappa shape index (κ3) is 3.78. The first-order chi connectivity index (χ1) is 12.5. The highest BCUT2D eigenvalue weighted by atomic mass is 19.1. The quantitative estimate of drug-likeness (QED) is 0.730. The first-order valence-electron chi connectivity index (χ1n) is 8.01. The number of likely N-dealkylation sites (N-methyl/N-ethyl adjacent to an activating group) is 1. The van der Waals surface area contributed by atoms with Gasteiger partial charge in [0.25, 0.3) is 0 Å². The monoisotopic (exact) mass is 355 g/mol. The molecular weight excluding hydrogens is 337 g/mol. The number of rotatable bonds is 6. The van der Waals surface area contributed by atoms with E-state index >= 15 is 0 Å². The Morgan fingerprint density at radius 1 is 1.35 bits per heavy atom. The summed E-state index contributed by atoms with van der Waals surface area (Å²) in [6.45, 7) is 1.84. The Kier molecular flexibility index (Phi) is 5.09. The van der Waals surface area contributed by atoms with Crippen molar-refractivity contribution in [2.45, 2.75) is 19.5 Å². The first-order valence-corrected chi connectivity index (χ1v) is 8.01. The van der Waals surface area contributed by atoms with E-state index in [2.05, 4.69) is 10.1 Å². The third-order valence-corrected chi connectivity index (χ3v) is 4.09. The van der Waals surface area contributed by atoms with Gasteiger partial charge >= 0.3 is 5.97 Å². The molecule has 0 saturated carbocycles. The zero-order chi connectivity index (χ0) is 18.7. The van der Waals surface area contributed by atoms with Crippen molar-refractivity contribution < 1.29 is 18.8 Å². The summed E-state index contributed by atoms with van der Waals surface area (Å²) in [7, 11) is 1.67. The van der Waals surface area contributed by atoms with Gasteiger partial charge in [0, 0.05) is 24.0 Å². The Balaban J connectivity index is 1.80. The number of benzene rings is 1. The molecule has 1 atom stereocenters. The van der Waals surface area contributed by atoms with Crippen LogP contribution < -0.4 is 0 Å².